The maximum Gasteiger partial charge on any atom is 0.308 e. The number of esters is 2. The predicted octanol–water partition coefficient (Wildman–Crippen LogP) is 2.74. The number of ether oxygens (including phenoxy) is 2. The van der Waals surface area contributed by atoms with Gasteiger partial charge in [0.25, 0.3) is 0 Å². The molecule has 0 fully saturated rings. The summed E-state index contributed by atoms with van der Waals surface area (Å²) in [5, 5.41) is 10.9. The fourth-order valence-electron chi connectivity index (χ4n) is 2.06. The molecule has 0 aliphatic heterocycles. The molecule has 0 radical (unpaired) electrons. The van der Waals surface area contributed by atoms with E-state index in [1.165, 1.54) is 13.8 Å². The minimum atomic E-state index is -0.656. The highest BCUT2D eigenvalue weighted by Gasteiger charge is 2.13. The van der Waals surface area contributed by atoms with Gasteiger partial charge in [0.15, 0.2) is 0 Å². The van der Waals surface area contributed by atoms with Crippen LogP contribution in [0.3, 0.4) is 0 Å². The first-order valence-electron chi connectivity index (χ1n) is 6.50. The summed E-state index contributed by atoms with van der Waals surface area (Å²) in [5.74, 6) is -0.142. The molecule has 110 valence electrons. The average molecular weight is 288 g/mol. The Hall–Kier alpha value is -2.40. The molecule has 2 rings (SSSR count). The Morgan fingerprint density at radius 1 is 0.952 bits per heavy atom. The highest BCUT2D eigenvalue weighted by Crippen LogP contribution is 2.35. The highest BCUT2D eigenvalue weighted by molar-refractivity contribution is 5.96. The zero-order chi connectivity index (χ0) is 15.6. The van der Waals surface area contributed by atoms with Crippen molar-refractivity contribution in [2.75, 3.05) is 0 Å². The summed E-state index contributed by atoms with van der Waals surface area (Å²) in [5.41, 5.74) is 0.677. The van der Waals surface area contributed by atoms with Gasteiger partial charge in [-0.2, -0.15) is 0 Å². The molecule has 1 unspecified atom stereocenters. The van der Waals surface area contributed by atoms with E-state index in [2.05, 4.69) is 0 Å². The van der Waals surface area contributed by atoms with Gasteiger partial charge in [-0.3, -0.25) is 9.59 Å². The Bertz CT molecular complexity index is 703. The summed E-state index contributed by atoms with van der Waals surface area (Å²) in [6.07, 6.45) is -0.656. The molecule has 1 atom stereocenters. The third-order valence-electron chi connectivity index (χ3n) is 2.95. The van der Waals surface area contributed by atoms with E-state index in [4.69, 9.17) is 9.47 Å². The number of carbonyl (C=O) groups is 2. The molecule has 0 saturated heterocycles. The van der Waals surface area contributed by atoms with E-state index in [9.17, 15) is 14.7 Å². The lowest BCUT2D eigenvalue weighted by Crippen LogP contribution is -2.05. The summed E-state index contributed by atoms with van der Waals surface area (Å²) < 4.78 is 10.3. The van der Waals surface area contributed by atoms with Crippen molar-refractivity contribution in [3.63, 3.8) is 0 Å². The normalized spacial score (nSPS) is 12.0. The van der Waals surface area contributed by atoms with Crippen LogP contribution < -0.4 is 9.47 Å². The number of aliphatic hydroxyl groups is 1. The molecular weight excluding hydrogens is 272 g/mol. The minimum absolute atomic E-state index is 0.357. The highest BCUT2D eigenvalue weighted by atomic mass is 16.5. The van der Waals surface area contributed by atoms with Gasteiger partial charge in [-0.25, -0.2) is 0 Å². The van der Waals surface area contributed by atoms with Gasteiger partial charge in [-0.05, 0) is 30.7 Å². The van der Waals surface area contributed by atoms with Crippen LogP contribution in [0.15, 0.2) is 30.3 Å². The monoisotopic (exact) mass is 288 g/mol. The quantitative estimate of drug-likeness (QED) is 0.694. The van der Waals surface area contributed by atoms with Crippen molar-refractivity contribution in [1.29, 1.82) is 0 Å². The molecular formula is C16H16O5. The van der Waals surface area contributed by atoms with Crippen LogP contribution >= 0.6 is 0 Å². The smallest absolute Gasteiger partial charge is 0.308 e. The van der Waals surface area contributed by atoms with Gasteiger partial charge in [-0.15, -0.1) is 0 Å². The van der Waals surface area contributed by atoms with Crippen LogP contribution in [0, 0.1) is 0 Å². The van der Waals surface area contributed by atoms with Crippen molar-refractivity contribution in [1.82, 2.24) is 0 Å². The molecule has 5 nitrogen and oxygen atoms in total. The van der Waals surface area contributed by atoms with E-state index < -0.39 is 18.0 Å². The maximum absolute atomic E-state index is 11.2. The second kappa shape index (κ2) is 5.93. The first-order chi connectivity index (χ1) is 9.88. The van der Waals surface area contributed by atoms with Crippen LogP contribution in [0.25, 0.3) is 10.8 Å². The van der Waals surface area contributed by atoms with Crippen molar-refractivity contribution in [3.8, 4) is 11.5 Å². The Morgan fingerprint density at radius 2 is 1.48 bits per heavy atom. The Kier molecular flexibility index (Phi) is 4.23. The van der Waals surface area contributed by atoms with Crippen molar-refractivity contribution >= 4 is 22.7 Å². The standard InChI is InChI=1S/C16H16O5/c1-9(17)12-4-5-13-14(8-12)16(21-11(3)19)7-6-15(13)20-10(2)18/h4-9,17H,1-3H3. The zero-order valence-electron chi connectivity index (χ0n) is 12.0. The molecule has 1 N–H and O–H groups in total. The minimum Gasteiger partial charge on any atom is -0.426 e. The lowest BCUT2D eigenvalue weighted by Gasteiger charge is -2.13. The molecule has 21 heavy (non-hydrogen) atoms. The third kappa shape index (κ3) is 3.38. The van der Waals surface area contributed by atoms with Gasteiger partial charge in [0.05, 0.1) is 6.10 Å². The molecule has 0 spiro atoms. The lowest BCUT2D eigenvalue weighted by molar-refractivity contribution is -0.132. The summed E-state index contributed by atoms with van der Waals surface area (Å²) >= 11 is 0. The number of fused-ring (bicyclic) bond motifs is 1. The second-order valence-electron chi connectivity index (χ2n) is 4.73. The SMILES string of the molecule is CC(=O)Oc1ccc(OC(C)=O)c2cc(C(C)O)ccc12. The lowest BCUT2D eigenvalue weighted by atomic mass is 10.0. The topological polar surface area (TPSA) is 72.8 Å². The molecule has 0 bridgehead atoms. The zero-order valence-corrected chi connectivity index (χ0v) is 12.0. The van der Waals surface area contributed by atoms with Crippen LogP contribution in [0.4, 0.5) is 0 Å². The first kappa shape index (κ1) is 15.0. The van der Waals surface area contributed by atoms with E-state index in [1.54, 1.807) is 37.3 Å². The van der Waals surface area contributed by atoms with E-state index in [0.29, 0.717) is 27.8 Å². The fraction of sp³-hybridized carbons (Fsp3) is 0.250. The van der Waals surface area contributed by atoms with E-state index >= 15 is 0 Å². The van der Waals surface area contributed by atoms with E-state index in [0.717, 1.165) is 0 Å². The van der Waals surface area contributed by atoms with Gasteiger partial charge in [0.1, 0.15) is 11.5 Å². The molecule has 0 aliphatic carbocycles. The van der Waals surface area contributed by atoms with Gasteiger partial charge in [0.2, 0.25) is 0 Å². The van der Waals surface area contributed by atoms with Crippen LogP contribution in [0.5, 0.6) is 11.5 Å². The number of hydrogen-bond donors (Lipinski definition) is 1. The average Bonchev–Trinajstić information content (AvgIpc) is 2.40. The Balaban J connectivity index is 2.66. The van der Waals surface area contributed by atoms with Crippen molar-refractivity contribution in [2.45, 2.75) is 26.9 Å². The van der Waals surface area contributed by atoms with Crippen LogP contribution in [-0.2, 0) is 9.59 Å². The molecule has 5 heteroatoms. The van der Waals surface area contributed by atoms with E-state index in [1.807, 2.05) is 0 Å². The number of aliphatic hydroxyl groups excluding tert-OH is 1. The summed E-state index contributed by atoms with van der Waals surface area (Å²) in [7, 11) is 0. The molecule has 0 saturated carbocycles. The van der Waals surface area contributed by atoms with Crippen LogP contribution in [-0.4, -0.2) is 17.0 Å². The van der Waals surface area contributed by atoms with Crippen LogP contribution in [0.2, 0.25) is 0 Å². The van der Waals surface area contributed by atoms with Crippen molar-refractivity contribution in [2.24, 2.45) is 0 Å². The first-order valence-corrected chi connectivity index (χ1v) is 6.50. The Morgan fingerprint density at radius 3 is 1.95 bits per heavy atom. The van der Waals surface area contributed by atoms with E-state index in [-0.39, 0.29) is 0 Å². The summed E-state index contributed by atoms with van der Waals surface area (Å²) in [6.45, 7) is 4.27. The number of benzene rings is 2. The van der Waals surface area contributed by atoms with Gasteiger partial charge < -0.3 is 14.6 Å². The number of rotatable bonds is 3. The largest absolute Gasteiger partial charge is 0.426 e. The van der Waals surface area contributed by atoms with Crippen molar-refractivity contribution < 1.29 is 24.2 Å². The molecule has 0 heterocycles. The Labute approximate surface area is 122 Å². The van der Waals surface area contributed by atoms with Gasteiger partial charge in [0, 0.05) is 24.6 Å². The second-order valence-corrected chi connectivity index (χ2v) is 4.73. The molecule has 0 aromatic heterocycles. The van der Waals surface area contributed by atoms with Crippen molar-refractivity contribution in [3.05, 3.63) is 35.9 Å². The maximum atomic E-state index is 11.2. The molecule has 0 amide bonds. The molecule has 0 aliphatic rings. The third-order valence-corrected chi connectivity index (χ3v) is 2.95. The van der Waals surface area contributed by atoms with Gasteiger partial charge in [-0.1, -0.05) is 12.1 Å². The van der Waals surface area contributed by atoms with Gasteiger partial charge >= 0.3 is 11.9 Å². The molecule has 2 aromatic carbocycles. The fourth-order valence-corrected chi connectivity index (χ4v) is 2.06. The van der Waals surface area contributed by atoms with Crippen LogP contribution in [0.1, 0.15) is 32.4 Å². The number of hydrogen-bond acceptors (Lipinski definition) is 5. The number of carbonyl (C=O) groups excluding carboxylic acids is 2. The summed E-state index contributed by atoms with van der Waals surface area (Å²) in [4.78, 5) is 22.3. The molecule has 2 aromatic rings. The predicted molar refractivity (Wildman–Crippen MR) is 77.2 cm³/mol. The summed E-state index contributed by atoms with van der Waals surface area (Å²) in [6, 6.07) is 8.31.